The summed E-state index contributed by atoms with van der Waals surface area (Å²) in [6.45, 7) is 15.9. The Morgan fingerprint density at radius 3 is 2.00 bits per heavy atom. The molecule has 0 unspecified atom stereocenters. The monoisotopic (exact) mass is 313 g/mol. The first-order valence-electron chi connectivity index (χ1n) is 8.42. The van der Waals surface area contributed by atoms with Crippen LogP contribution in [0.3, 0.4) is 0 Å². The van der Waals surface area contributed by atoms with Crippen LogP contribution < -0.4 is 10.6 Å². The van der Waals surface area contributed by atoms with E-state index in [0.29, 0.717) is 18.8 Å². The third-order valence-electron chi connectivity index (χ3n) is 4.55. The van der Waals surface area contributed by atoms with Gasteiger partial charge in [-0.2, -0.15) is 0 Å². The first kappa shape index (κ1) is 17.4. The van der Waals surface area contributed by atoms with Crippen LogP contribution in [0.5, 0.6) is 0 Å². The zero-order valence-corrected chi connectivity index (χ0v) is 15.6. The summed E-state index contributed by atoms with van der Waals surface area (Å²) in [5.74, 6) is 0. The molecule has 0 aromatic rings. The van der Waals surface area contributed by atoms with Crippen LogP contribution in [-0.2, 0) is 9.47 Å². The fraction of sp³-hybridized carbons (Fsp3) is 1.00. The molecule has 2 aliphatic heterocycles. The molecule has 2 rings (SSSR count). The summed E-state index contributed by atoms with van der Waals surface area (Å²) in [7, 11) is -0.772. The Labute approximate surface area is 132 Å². The van der Waals surface area contributed by atoms with E-state index < -0.39 is 14.3 Å². The lowest BCUT2D eigenvalue weighted by Gasteiger charge is -2.50. The SMILES string of the molecule is CCOC1(OCC)NCC[Si]1C1CC(C)(C)NC(C)(C)C1. The molecule has 0 aromatic heterocycles. The highest BCUT2D eigenvalue weighted by Crippen LogP contribution is 2.43. The Hall–Kier alpha value is 0.0569. The topological polar surface area (TPSA) is 42.5 Å². The van der Waals surface area contributed by atoms with E-state index in [0.717, 1.165) is 6.54 Å². The minimum Gasteiger partial charge on any atom is -0.342 e. The first-order valence-corrected chi connectivity index (χ1v) is 10.2. The van der Waals surface area contributed by atoms with Crippen molar-refractivity contribution >= 4 is 8.80 Å². The molecule has 1 radical (unpaired) electrons. The smallest absolute Gasteiger partial charge is 0.203 e. The fourth-order valence-corrected chi connectivity index (χ4v) is 8.61. The summed E-state index contributed by atoms with van der Waals surface area (Å²) in [4.78, 5) is 0. The Kier molecular flexibility index (Phi) is 5.21. The van der Waals surface area contributed by atoms with Crippen molar-refractivity contribution in [3.8, 4) is 0 Å². The van der Waals surface area contributed by atoms with Crippen molar-refractivity contribution in [2.45, 2.75) is 82.6 Å². The van der Waals surface area contributed by atoms with Crippen LogP contribution in [0.4, 0.5) is 0 Å². The average Bonchev–Trinajstić information content (AvgIpc) is 2.69. The average molecular weight is 314 g/mol. The standard InChI is InChI=1S/C16H33N2O2Si/c1-7-19-16(20-8-2)17-9-10-21(16)13-11-14(3,4)18-15(5,6)12-13/h13,17-18H,7-12H2,1-6H3. The van der Waals surface area contributed by atoms with Gasteiger partial charge in [0, 0.05) is 24.3 Å². The molecule has 2 saturated heterocycles. The third kappa shape index (κ3) is 3.88. The van der Waals surface area contributed by atoms with Gasteiger partial charge in [-0.05, 0) is 72.5 Å². The van der Waals surface area contributed by atoms with Crippen molar-refractivity contribution < 1.29 is 9.47 Å². The van der Waals surface area contributed by atoms with Crippen LogP contribution in [0, 0.1) is 0 Å². The largest absolute Gasteiger partial charge is 0.342 e. The van der Waals surface area contributed by atoms with Crippen molar-refractivity contribution in [3.63, 3.8) is 0 Å². The number of piperidine rings is 1. The normalized spacial score (nSPS) is 28.9. The molecule has 2 aliphatic rings. The lowest BCUT2D eigenvalue weighted by molar-refractivity contribution is -0.192. The molecule has 0 amide bonds. The highest BCUT2D eigenvalue weighted by Gasteiger charge is 2.53. The molecule has 0 atom stereocenters. The molecule has 0 saturated carbocycles. The number of hydrogen-bond acceptors (Lipinski definition) is 4. The summed E-state index contributed by atoms with van der Waals surface area (Å²) in [6.07, 6.45) is 2.43. The van der Waals surface area contributed by atoms with E-state index in [-0.39, 0.29) is 11.1 Å². The van der Waals surface area contributed by atoms with Crippen molar-refractivity contribution in [1.82, 2.24) is 10.6 Å². The molecule has 2 heterocycles. The summed E-state index contributed by atoms with van der Waals surface area (Å²) in [5.41, 5.74) is 0.630. The Morgan fingerprint density at radius 1 is 1.00 bits per heavy atom. The van der Waals surface area contributed by atoms with E-state index in [1.807, 2.05) is 0 Å². The highest BCUT2D eigenvalue weighted by molar-refractivity contribution is 6.64. The molecular weight excluding hydrogens is 280 g/mol. The van der Waals surface area contributed by atoms with E-state index >= 15 is 0 Å². The van der Waals surface area contributed by atoms with Crippen molar-refractivity contribution in [2.75, 3.05) is 19.8 Å². The maximum atomic E-state index is 6.12. The molecule has 0 aromatic carbocycles. The maximum Gasteiger partial charge on any atom is 0.203 e. The lowest BCUT2D eigenvalue weighted by Crippen LogP contribution is -2.63. The molecular formula is C16H33N2O2Si. The minimum absolute atomic E-state index is 0.191. The second-order valence-electron chi connectivity index (χ2n) is 7.68. The Balaban J connectivity index is 2.21. The maximum absolute atomic E-state index is 6.12. The molecule has 0 aliphatic carbocycles. The number of nitrogens with one attached hydrogen (secondary N) is 2. The molecule has 0 bridgehead atoms. The molecule has 2 fully saturated rings. The minimum atomic E-state index is -0.772. The van der Waals surface area contributed by atoms with Crippen LogP contribution >= 0.6 is 0 Å². The van der Waals surface area contributed by atoms with Gasteiger partial charge in [-0.25, -0.2) is 0 Å². The van der Waals surface area contributed by atoms with Gasteiger partial charge in [-0.3, -0.25) is 5.32 Å². The van der Waals surface area contributed by atoms with Crippen LogP contribution in [0.25, 0.3) is 0 Å². The van der Waals surface area contributed by atoms with Crippen LogP contribution in [-0.4, -0.2) is 45.2 Å². The number of ether oxygens (including phenoxy) is 2. The van der Waals surface area contributed by atoms with Crippen molar-refractivity contribution in [1.29, 1.82) is 0 Å². The molecule has 21 heavy (non-hydrogen) atoms. The van der Waals surface area contributed by atoms with Crippen LogP contribution in [0.2, 0.25) is 11.6 Å². The van der Waals surface area contributed by atoms with Gasteiger partial charge in [0.2, 0.25) is 5.53 Å². The second-order valence-corrected chi connectivity index (χ2v) is 10.7. The quantitative estimate of drug-likeness (QED) is 0.605. The molecule has 123 valence electrons. The van der Waals surface area contributed by atoms with Crippen LogP contribution in [0.15, 0.2) is 0 Å². The van der Waals surface area contributed by atoms with Gasteiger partial charge in [0.1, 0.15) is 0 Å². The van der Waals surface area contributed by atoms with Gasteiger partial charge >= 0.3 is 0 Å². The van der Waals surface area contributed by atoms with E-state index in [9.17, 15) is 0 Å². The van der Waals surface area contributed by atoms with Gasteiger partial charge in [0.15, 0.2) is 8.80 Å². The van der Waals surface area contributed by atoms with Crippen LogP contribution in [0.1, 0.15) is 54.4 Å². The number of rotatable bonds is 5. The fourth-order valence-electron chi connectivity index (χ4n) is 4.42. The summed E-state index contributed by atoms with van der Waals surface area (Å²) >= 11 is 0. The molecule has 2 N–H and O–H groups in total. The Morgan fingerprint density at radius 2 is 1.52 bits per heavy atom. The van der Waals surface area contributed by atoms with Gasteiger partial charge in [0.05, 0.1) is 0 Å². The summed E-state index contributed by atoms with van der Waals surface area (Å²) in [6, 6.07) is 1.24. The molecule has 4 nitrogen and oxygen atoms in total. The van der Waals surface area contributed by atoms with Gasteiger partial charge in [-0.15, -0.1) is 0 Å². The predicted molar refractivity (Wildman–Crippen MR) is 88.8 cm³/mol. The van der Waals surface area contributed by atoms with Gasteiger partial charge in [-0.1, -0.05) is 0 Å². The van der Waals surface area contributed by atoms with Gasteiger partial charge < -0.3 is 14.8 Å². The Bertz CT molecular complexity index is 338. The molecule has 5 heteroatoms. The van der Waals surface area contributed by atoms with E-state index in [4.69, 9.17) is 9.47 Å². The lowest BCUT2D eigenvalue weighted by atomic mass is 9.82. The zero-order valence-electron chi connectivity index (χ0n) is 14.6. The predicted octanol–water partition coefficient (Wildman–Crippen LogP) is 2.66. The third-order valence-corrected chi connectivity index (χ3v) is 8.05. The van der Waals surface area contributed by atoms with Crippen molar-refractivity contribution in [3.05, 3.63) is 0 Å². The summed E-state index contributed by atoms with van der Waals surface area (Å²) in [5, 5.41) is 7.35. The second kappa shape index (κ2) is 6.28. The summed E-state index contributed by atoms with van der Waals surface area (Å²) < 4.78 is 12.2. The first-order chi connectivity index (χ1) is 9.74. The number of hydrogen-bond donors (Lipinski definition) is 2. The van der Waals surface area contributed by atoms with E-state index in [1.54, 1.807) is 0 Å². The van der Waals surface area contributed by atoms with Gasteiger partial charge in [0.25, 0.3) is 0 Å². The zero-order chi connectivity index (χ0) is 15.7. The van der Waals surface area contributed by atoms with E-state index in [1.165, 1.54) is 18.9 Å². The van der Waals surface area contributed by atoms with E-state index in [2.05, 4.69) is 52.2 Å². The molecule has 0 spiro atoms. The van der Waals surface area contributed by atoms with Crippen molar-refractivity contribution in [2.24, 2.45) is 0 Å². The highest BCUT2D eigenvalue weighted by atomic mass is 28.3.